The van der Waals surface area contributed by atoms with Gasteiger partial charge in [-0.15, -0.1) is 0 Å². The van der Waals surface area contributed by atoms with Crippen LogP contribution in [0.25, 0.3) is 0 Å². The van der Waals surface area contributed by atoms with Crippen LogP contribution in [0.4, 0.5) is 10.1 Å². The van der Waals surface area contributed by atoms with E-state index in [-0.39, 0.29) is 29.8 Å². The number of anilines is 1. The van der Waals surface area contributed by atoms with E-state index in [2.05, 4.69) is 4.72 Å². The Balaban J connectivity index is 1.79. The fourth-order valence-electron chi connectivity index (χ4n) is 2.24. The van der Waals surface area contributed by atoms with E-state index in [4.69, 9.17) is 4.74 Å². The van der Waals surface area contributed by atoms with Gasteiger partial charge in [0.2, 0.25) is 10.0 Å². The lowest BCUT2D eigenvalue weighted by atomic mass is 10.1. The van der Waals surface area contributed by atoms with E-state index < -0.39 is 34.2 Å². The molecule has 0 aromatic heterocycles. The van der Waals surface area contributed by atoms with Crippen LogP contribution in [0, 0.1) is 5.82 Å². The van der Waals surface area contributed by atoms with Crippen molar-refractivity contribution in [3.8, 4) is 0 Å². The Kier molecular flexibility index (Phi) is 7.00. The number of hydrogen-bond acceptors (Lipinski definition) is 6. The molecule has 0 aliphatic rings. The van der Waals surface area contributed by atoms with Crippen LogP contribution in [0.5, 0.6) is 0 Å². The summed E-state index contributed by atoms with van der Waals surface area (Å²) >= 11 is 0. The summed E-state index contributed by atoms with van der Waals surface area (Å²) in [5.74, 6) is -1.98. The number of Topliss-reactive ketones (excluding diaryl/α,β-unsaturated/α-hetero) is 2. The van der Waals surface area contributed by atoms with Gasteiger partial charge < -0.3 is 4.74 Å². The minimum absolute atomic E-state index is 0.121. The number of sulfonamides is 1. The second kappa shape index (κ2) is 9.23. The summed E-state index contributed by atoms with van der Waals surface area (Å²) in [5.41, 5.74) is 0.831. The number of ketones is 2. The van der Waals surface area contributed by atoms with Crippen molar-refractivity contribution in [1.82, 2.24) is 0 Å². The van der Waals surface area contributed by atoms with E-state index >= 15 is 0 Å². The average Bonchev–Trinajstić information content (AvgIpc) is 2.64. The van der Waals surface area contributed by atoms with E-state index in [0.29, 0.717) is 5.69 Å². The zero-order valence-corrected chi connectivity index (χ0v) is 15.8. The fraction of sp³-hybridized carbons (Fsp3) is 0.211. The lowest BCUT2D eigenvalue weighted by Gasteiger charge is -2.06. The first kappa shape index (κ1) is 21.2. The van der Waals surface area contributed by atoms with Gasteiger partial charge in [-0.25, -0.2) is 12.8 Å². The van der Waals surface area contributed by atoms with Gasteiger partial charge in [-0.2, -0.15) is 0 Å². The summed E-state index contributed by atoms with van der Waals surface area (Å²) < 4.78 is 42.2. The lowest BCUT2D eigenvalue weighted by molar-refractivity contribution is -0.142. The van der Waals surface area contributed by atoms with Gasteiger partial charge in [-0.3, -0.25) is 19.1 Å². The molecule has 1 N–H and O–H groups in total. The topological polar surface area (TPSA) is 107 Å². The Bertz CT molecular complexity index is 968. The van der Waals surface area contributed by atoms with Gasteiger partial charge >= 0.3 is 5.97 Å². The molecule has 0 unspecified atom stereocenters. The van der Waals surface area contributed by atoms with Gasteiger partial charge in [0.05, 0.1) is 12.7 Å². The van der Waals surface area contributed by atoms with Crippen molar-refractivity contribution < 1.29 is 31.9 Å². The number of ether oxygens (including phenoxy) is 1. The Morgan fingerprint density at radius 1 is 0.893 bits per heavy atom. The molecule has 0 saturated heterocycles. The smallest absolute Gasteiger partial charge is 0.306 e. The molecule has 2 aromatic rings. The minimum atomic E-state index is -3.42. The summed E-state index contributed by atoms with van der Waals surface area (Å²) in [4.78, 5) is 35.6. The lowest BCUT2D eigenvalue weighted by Crippen LogP contribution is -2.15. The molecule has 0 amide bonds. The molecule has 0 spiro atoms. The highest BCUT2D eigenvalue weighted by Crippen LogP contribution is 2.12. The number of benzene rings is 2. The van der Waals surface area contributed by atoms with Crippen molar-refractivity contribution in [3.63, 3.8) is 0 Å². The van der Waals surface area contributed by atoms with Crippen LogP contribution in [0.15, 0.2) is 48.5 Å². The highest BCUT2D eigenvalue weighted by atomic mass is 32.2. The summed E-state index contributed by atoms with van der Waals surface area (Å²) in [7, 11) is -3.42. The maximum absolute atomic E-state index is 12.8. The molecule has 0 heterocycles. The Morgan fingerprint density at radius 3 is 2.00 bits per heavy atom. The number of carbonyl (C=O) groups excluding carboxylic acids is 3. The van der Waals surface area contributed by atoms with Crippen LogP contribution in [-0.2, 0) is 19.6 Å². The zero-order valence-electron chi connectivity index (χ0n) is 15.0. The van der Waals surface area contributed by atoms with Crippen molar-refractivity contribution in [2.45, 2.75) is 12.8 Å². The summed E-state index contributed by atoms with van der Waals surface area (Å²) in [6.07, 6.45) is 0.678. The van der Waals surface area contributed by atoms with Gasteiger partial charge in [-0.1, -0.05) is 0 Å². The van der Waals surface area contributed by atoms with Gasteiger partial charge in [0.25, 0.3) is 0 Å². The second-order valence-electron chi connectivity index (χ2n) is 5.97. The molecule has 0 aliphatic carbocycles. The van der Waals surface area contributed by atoms with Crippen LogP contribution >= 0.6 is 0 Å². The molecular weight excluding hydrogens is 389 g/mol. The van der Waals surface area contributed by atoms with Gasteiger partial charge in [-0.05, 0) is 48.5 Å². The molecule has 28 heavy (non-hydrogen) atoms. The summed E-state index contributed by atoms with van der Waals surface area (Å²) in [5, 5.41) is 0. The number of nitrogens with one attached hydrogen (secondary N) is 1. The van der Waals surface area contributed by atoms with Crippen LogP contribution in [0.3, 0.4) is 0 Å². The van der Waals surface area contributed by atoms with Crippen molar-refractivity contribution >= 4 is 33.2 Å². The molecule has 7 nitrogen and oxygen atoms in total. The zero-order chi connectivity index (χ0) is 20.7. The second-order valence-corrected chi connectivity index (χ2v) is 7.71. The number of hydrogen-bond donors (Lipinski definition) is 1. The highest BCUT2D eigenvalue weighted by Gasteiger charge is 2.13. The molecular formula is C19H18FNO6S. The first-order chi connectivity index (χ1) is 13.1. The van der Waals surface area contributed by atoms with Gasteiger partial charge in [0.15, 0.2) is 18.2 Å². The standard InChI is InChI=1S/C19H18FNO6S/c1-28(25,26)21-16-8-4-14(5-9-16)18(23)12-27-19(24)11-10-17(22)13-2-6-15(20)7-3-13/h2-9,21H,10-12H2,1H3. The molecule has 0 radical (unpaired) electrons. The number of rotatable bonds is 9. The molecule has 2 aromatic carbocycles. The monoisotopic (exact) mass is 407 g/mol. The SMILES string of the molecule is CS(=O)(=O)Nc1ccc(C(=O)COC(=O)CCC(=O)c2ccc(F)cc2)cc1. The predicted octanol–water partition coefficient (Wildman–Crippen LogP) is 2.59. The Labute approximate surface area is 161 Å². The molecule has 0 atom stereocenters. The van der Waals surface area contributed by atoms with Crippen molar-refractivity contribution in [2.24, 2.45) is 0 Å². The van der Waals surface area contributed by atoms with E-state index in [9.17, 15) is 27.2 Å². The van der Waals surface area contributed by atoms with Crippen LogP contribution in [-0.4, -0.2) is 38.8 Å². The molecule has 0 aliphatic heterocycles. The first-order valence-corrected chi connectivity index (χ1v) is 10.1. The van der Waals surface area contributed by atoms with E-state index in [1.165, 1.54) is 36.4 Å². The number of esters is 1. The van der Waals surface area contributed by atoms with Crippen LogP contribution < -0.4 is 4.72 Å². The average molecular weight is 407 g/mol. The van der Waals surface area contributed by atoms with Gasteiger partial charge in [0, 0.05) is 23.2 Å². The maximum atomic E-state index is 12.8. The molecule has 148 valence electrons. The molecule has 0 fully saturated rings. The third kappa shape index (κ3) is 6.92. The van der Waals surface area contributed by atoms with Crippen molar-refractivity contribution in [2.75, 3.05) is 17.6 Å². The van der Waals surface area contributed by atoms with E-state index in [1.807, 2.05) is 0 Å². The van der Waals surface area contributed by atoms with Crippen LogP contribution in [0.1, 0.15) is 33.6 Å². The van der Waals surface area contributed by atoms with E-state index in [1.54, 1.807) is 0 Å². The molecule has 9 heteroatoms. The van der Waals surface area contributed by atoms with E-state index in [0.717, 1.165) is 18.4 Å². The highest BCUT2D eigenvalue weighted by molar-refractivity contribution is 7.92. The number of carbonyl (C=O) groups is 3. The molecule has 2 rings (SSSR count). The largest absolute Gasteiger partial charge is 0.457 e. The predicted molar refractivity (Wildman–Crippen MR) is 100 cm³/mol. The first-order valence-electron chi connectivity index (χ1n) is 8.19. The fourth-order valence-corrected chi connectivity index (χ4v) is 2.80. The summed E-state index contributed by atoms with van der Waals surface area (Å²) in [6.45, 7) is -0.498. The molecule has 0 saturated carbocycles. The normalized spacial score (nSPS) is 10.9. The van der Waals surface area contributed by atoms with Crippen molar-refractivity contribution in [3.05, 3.63) is 65.5 Å². The quantitative estimate of drug-likeness (QED) is 0.506. The maximum Gasteiger partial charge on any atom is 0.306 e. The van der Waals surface area contributed by atoms with Gasteiger partial charge in [0.1, 0.15) is 5.82 Å². The van der Waals surface area contributed by atoms with Crippen LogP contribution in [0.2, 0.25) is 0 Å². The summed E-state index contributed by atoms with van der Waals surface area (Å²) in [6, 6.07) is 10.6. The minimum Gasteiger partial charge on any atom is -0.457 e. The Hall–Kier alpha value is -3.07. The van der Waals surface area contributed by atoms with Crippen molar-refractivity contribution in [1.29, 1.82) is 0 Å². The third-order valence-electron chi connectivity index (χ3n) is 3.60. The number of halogens is 1. The Morgan fingerprint density at radius 2 is 1.43 bits per heavy atom. The third-order valence-corrected chi connectivity index (χ3v) is 4.20. The molecule has 0 bridgehead atoms.